The minimum atomic E-state index is -0.340. The molecule has 0 atom stereocenters. The Hall–Kier alpha value is -1.57. The molecular weight excluding hydrogens is 240 g/mol. The van der Waals surface area contributed by atoms with E-state index in [1.54, 1.807) is 19.1 Å². The Kier molecular flexibility index (Phi) is 4.95. The third kappa shape index (κ3) is 3.45. The molecule has 0 fully saturated rings. The lowest BCUT2D eigenvalue weighted by Gasteiger charge is -2.07. The zero-order valence-electron chi connectivity index (χ0n) is 9.50. The van der Waals surface area contributed by atoms with Gasteiger partial charge < -0.3 is 10.5 Å². The van der Waals surface area contributed by atoms with Crippen molar-refractivity contribution >= 4 is 17.6 Å². The summed E-state index contributed by atoms with van der Waals surface area (Å²) >= 11 is 5.99. The van der Waals surface area contributed by atoms with E-state index in [2.05, 4.69) is 0 Å². The van der Waals surface area contributed by atoms with Gasteiger partial charge in [0, 0.05) is 17.1 Å². The van der Waals surface area contributed by atoms with E-state index in [1.165, 1.54) is 0 Å². The van der Waals surface area contributed by atoms with Gasteiger partial charge in [0.2, 0.25) is 0 Å². The second-order valence-electron chi connectivity index (χ2n) is 3.40. The second kappa shape index (κ2) is 6.24. The summed E-state index contributed by atoms with van der Waals surface area (Å²) in [4.78, 5) is 11.3. The summed E-state index contributed by atoms with van der Waals surface area (Å²) < 4.78 is 4.83. The first-order chi connectivity index (χ1) is 8.12. The maximum Gasteiger partial charge on any atom is 0.310 e. The quantitative estimate of drug-likeness (QED) is 0.829. The number of benzene rings is 1. The lowest BCUT2D eigenvalue weighted by Crippen LogP contribution is -2.09. The first kappa shape index (κ1) is 13.5. The lowest BCUT2D eigenvalue weighted by atomic mass is 10.0. The highest BCUT2D eigenvalue weighted by molar-refractivity contribution is 6.31. The van der Waals surface area contributed by atoms with E-state index in [1.807, 2.05) is 6.07 Å². The minimum absolute atomic E-state index is 0.104. The van der Waals surface area contributed by atoms with Gasteiger partial charge in [-0.15, -0.1) is 0 Å². The van der Waals surface area contributed by atoms with Crippen molar-refractivity contribution in [1.29, 1.82) is 5.26 Å². The molecule has 1 aromatic carbocycles. The molecule has 90 valence electrons. The number of nitrogens with two attached hydrogens (primary N) is 1. The van der Waals surface area contributed by atoms with Gasteiger partial charge in [0.1, 0.15) is 0 Å². The van der Waals surface area contributed by atoms with Gasteiger partial charge >= 0.3 is 5.97 Å². The Morgan fingerprint density at radius 2 is 2.29 bits per heavy atom. The van der Waals surface area contributed by atoms with Gasteiger partial charge in [0.15, 0.2) is 0 Å². The summed E-state index contributed by atoms with van der Waals surface area (Å²) in [5.41, 5.74) is 7.15. The van der Waals surface area contributed by atoms with Crippen LogP contribution in [0.5, 0.6) is 0 Å². The van der Waals surface area contributed by atoms with E-state index in [9.17, 15) is 4.79 Å². The summed E-state index contributed by atoms with van der Waals surface area (Å²) in [6.07, 6.45) is 0.104. The zero-order valence-corrected chi connectivity index (χ0v) is 10.3. The Morgan fingerprint density at radius 3 is 2.82 bits per heavy atom. The van der Waals surface area contributed by atoms with Gasteiger partial charge in [-0.3, -0.25) is 4.79 Å². The normalized spacial score (nSPS) is 9.76. The Labute approximate surface area is 105 Å². The van der Waals surface area contributed by atoms with Crippen LogP contribution in [0.15, 0.2) is 12.1 Å². The molecular formula is C12H13ClN2O2. The van der Waals surface area contributed by atoms with Crippen molar-refractivity contribution in [3.8, 4) is 6.07 Å². The van der Waals surface area contributed by atoms with Crippen LogP contribution in [-0.2, 0) is 22.5 Å². The molecule has 0 aliphatic carbocycles. The molecule has 0 amide bonds. The van der Waals surface area contributed by atoms with E-state index in [0.717, 1.165) is 0 Å². The Balaban J connectivity index is 3.00. The maximum absolute atomic E-state index is 11.3. The Bertz CT molecular complexity index is 466. The fourth-order valence-electron chi connectivity index (χ4n) is 1.48. The fourth-order valence-corrected chi connectivity index (χ4v) is 1.80. The number of halogens is 1. The van der Waals surface area contributed by atoms with Crippen LogP contribution in [-0.4, -0.2) is 12.6 Å². The van der Waals surface area contributed by atoms with Gasteiger partial charge in [-0.25, -0.2) is 0 Å². The van der Waals surface area contributed by atoms with Crippen molar-refractivity contribution in [2.45, 2.75) is 19.9 Å². The van der Waals surface area contributed by atoms with Gasteiger partial charge in [0.05, 0.1) is 24.7 Å². The third-order valence-electron chi connectivity index (χ3n) is 2.23. The molecule has 17 heavy (non-hydrogen) atoms. The van der Waals surface area contributed by atoms with Crippen molar-refractivity contribution in [2.75, 3.05) is 6.61 Å². The van der Waals surface area contributed by atoms with E-state index in [4.69, 9.17) is 27.3 Å². The summed E-state index contributed by atoms with van der Waals surface area (Å²) in [6, 6.07) is 5.27. The lowest BCUT2D eigenvalue weighted by molar-refractivity contribution is -0.142. The van der Waals surface area contributed by atoms with Crippen LogP contribution in [0.25, 0.3) is 0 Å². The fraction of sp³-hybridized carbons (Fsp3) is 0.333. The van der Waals surface area contributed by atoms with E-state index >= 15 is 0 Å². The largest absolute Gasteiger partial charge is 0.466 e. The predicted octanol–water partition coefficient (Wildman–Crippen LogP) is 1.78. The number of ether oxygens (including phenoxy) is 1. The predicted molar refractivity (Wildman–Crippen MR) is 64.4 cm³/mol. The van der Waals surface area contributed by atoms with Crippen molar-refractivity contribution in [1.82, 2.24) is 0 Å². The van der Waals surface area contributed by atoms with Crippen molar-refractivity contribution in [2.24, 2.45) is 5.73 Å². The molecule has 0 aliphatic heterocycles. The molecule has 1 rings (SSSR count). The number of hydrogen-bond acceptors (Lipinski definition) is 4. The number of nitriles is 1. The average Bonchev–Trinajstić information content (AvgIpc) is 2.28. The monoisotopic (exact) mass is 252 g/mol. The standard InChI is InChI=1S/C12H13ClN2O2/c1-2-17-12(16)5-8-3-9(6-14)10(7-15)11(13)4-8/h3-4H,2,5,7,15H2,1H3. The maximum atomic E-state index is 11.3. The average molecular weight is 253 g/mol. The molecule has 0 radical (unpaired) electrons. The number of rotatable bonds is 4. The molecule has 2 N–H and O–H groups in total. The molecule has 5 heteroatoms. The van der Waals surface area contributed by atoms with Crippen molar-refractivity contribution < 1.29 is 9.53 Å². The van der Waals surface area contributed by atoms with Crippen molar-refractivity contribution in [3.05, 3.63) is 33.8 Å². The van der Waals surface area contributed by atoms with Crippen LogP contribution < -0.4 is 5.73 Å². The number of carbonyl (C=O) groups excluding carboxylic acids is 1. The Morgan fingerprint density at radius 1 is 1.59 bits per heavy atom. The van der Waals surface area contributed by atoms with E-state index in [0.29, 0.717) is 28.3 Å². The van der Waals surface area contributed by atoms with Crippen LogP contribution in [0.1, 0.15) is 23.6 Å². The van der Waals surface area contributed by atoms with Crippen LogP contribution in [0, 0.1) is 11.3 Å². The number of nitrogens with zero attached hydrogens (tertiary/aromatic N) is 1. The molecule has 0 aromatic heterocycles. The molecule has 1 aromatic rings. The molecule has 4 nitrogen and oxygen atoms in total. The summed E-state index contributed by atoms with van der Waals surface area (Å²) in [5, 5.41) is 9.36. The minimum Gasteiger partial charge on any atom is -0.466 e. The molecule has 0 unspecified atom stereocenters. The smallest absolute Gasteiger partial charge is 0.310 e. The number of esters is 1. The third-order valence-corrected chi connectivity index (χ3v) is 2.57. The van der Waals surface area contributed by atoms with E-state index < -0.39 is 0 Å². The summed E-state index contributed by atoms with van der Waals surface area (Å²) in [5.74, 6) is -0.340. The molecule has 0 heterocycles. The second-order valence-corrected chi connectivity index (χ2v) is 3.81. The highest BCUT2D eigenvalue weighted by atomic mass is 35.5. The van der Waals surface area contributed by atoms with Crippen LogP contribution in [0.3, 0.4) is 0 Å². The molecule has 0 bridgehead atoms. The number of hydrogen-bond donors (Lipinski definition) is 1. The number of carbonyl (C=O) groups is 1. The summed E-state index contributed by atoms with van der Waals surface area (Å²) in [6.45, 7) is 2.27. The zero-order chi connectivity index (χ0) is 12.8. The van der Waals surface area contributed by atoms with Gasteiger partial charge in [-0.05, 0) is 24.6 Å². The topological polar surface area (TPSA) is 76.1 Å². The molecule has 0 aliphatic rings. The van der Waals surface area contributed by atoms with Gasteiger partial charge in [0.25, 0.3) is 0 Å². The van der Waals surface area contributed by atoms with Gasteiger partial charge in [-0.1, -0.05) is 11.6 Å². The van der Waals surface area contributed by atoms with Crippen LogP contribution >= 0.6 is 11.6 Å². The molecule has 0 saturated carbocycles. The molecule has 0 spiro atoms. The van der Waals surface area contributed by atoms with Crippen LogP contribution in [0.2, 0.25) is 5.02 Å². The highest BCUT2D eigenvalue weighted by Gasteiger charge is 2.11. The summed E-state index contributed by atoms with van der Waals surface area (Å²) in [7, 11) is 0. The molecule has 0 saturated heterocycles. The first-order valence-corrected chi connectivity index (χ1v) is 5.57. The SMILES string of the molecule is CCOC(=O)Cc1cc(Cl)c(CN)c(C#N)c1. The van der Waals surface area contributed by atoms with Gasteiger partial charge in [-0.2, -0.15) is 5.26 Å². The van der Waals surface area contributed by atoms with Crippen molar-refractivity contribution in [3.63, 3.8) is 0 Å². The first-order valence-electron chi connectivity index (χ1n) is 5.19. The highest BCUT2D eigenvalue weighted by Crippen LogP contribution is 2.22. The van der Waals surface area contributed by atoms with E-state index in [-0.39, 0.29) is 18.9 Å². The van der Waals surface area contributed by atoms with Crippen LogP contribution in [0.4, 0.5) is 0 Å².